The van der Waals surface area contributed by atoms with Gasteiger partial charge in [0.25, 0.3) is 0 Å². The van der Waals surface area contributed by atoms with Crippen LogP contribution < -0.4 is 4.74 Å². The summed E-state index contributed by atoms with van der Waals surface area (Å²) >= 11 is 0. The molecule has 9 rings (SSSR count). The van der Waals surface area contributed by atoms with Crippen LogP contribution in [-0.4, -0.2) is 15.0 Å². The van der Waals surface area contributed by atoms with E-state index in [-0.39, 0.29) is 0 Å². The van der Waals surface area contributed by atoms with Gasteiger partial charge in [-0.3, -0.25) is 0 Å². The van der Waals surface area contributed by atoms with E-state index in [4.69, 9.17) is 19.7 Å². The normalized spacial score (nSPS) is 11.7. The largest absolute Gasteiger partial charge is 0.456 e. The van der Waals surface area contributed by atoms with Crippen molar-refractivity contribution in [2.45, 2.75) is 0 Å². The van der Waals surface area contributed by atoms with E-state index >= 15 is 0 Å². The van der Waals surface area contributed by atoms with Crippen molar-refractivity contribution in [1.29, 1.82) is 0 Å². The number of ether oxygens (including phenoxy) is 1. The third-order valence-corrected chi connectivity index (χ3v) is 8.54. The van der Waals surface area contributed by atoms with E-state index < -0.39 is 0 Å². The summed E-state index contributed by atoms with van der Waals surface area (Å²) < 4.78 is 6.33. The van der Waals surface area contributed by atoms with Gasteiger partial charge >= 0.3 is 0 Å². The molecule has 210 valence electrons. The highest BCUT2D eigenvalue weighted by Crippen LogP contribution is 2.48. The zero-order valence-electron chi connectivity index (χ0n) is 24.2. The maximum absolute atomic E-state index is 6.33. The van der Waals surface area contributed by atoms with Gasteiger partial charge in [-0.2, -0.15) is 0 Å². The van der Waals surface area contributed by atoms with Crippen molar-refractivity contribution in [3.05, 3.63) is 152 Å². The van der Waals surface area contributed by atoms with Crippen molar-refractivity contribution in [1.82, 2.24) is 15.0 Å². The van der Waals surface area contributed by atoms with Crippen LogP contribution in [0, 0.1) is 0 Å². The third-order valence-electron chi connectivity index (χ3n) is 8.54. The number of hydrogen-bond donors (Lipinski definition) is 0. The van der Waals surface area contributed by atoms with E-state index in [2.05, 4.69) is 91.0 Å². The summed E-state index contributed by atoms with van der Waals surface area (Å²) in [6.45, 7) is 0. The summed E-state index contributed by atoms with van der Waals surface area (Å²) in [6, 6.07) is 48.2. The first-order valence-electron chi connectivity index (χ1n) is 15.0. The molecule has 0 aliphatic carbocycles. The molecule has 4 heterocycles. The highest BCUT2D eigenvalue weighted by molar-refractivity contribution is 6.10. The van der Waals surface area contributed by atoms with Gasteiger partial charge in [-0.15, -0.1) is 0 Å². The Morgan fingerprint density at radius 3 is 1.82 bits per heavy atom. The summed E-state index contributed by atoms with van der Waals surface area (Å²) in [4.78, 5) is 14.6. The molecule has 45 heavy (non-hydrogen) atoms. The summed E-state index contributed by atoms with van der Waals surface area (Å²) in [6.07, 6.45) is 3.83. The molecular formula is C41H25N3O. The maximum Gasteiger partial charge on any atom is 0.159 e. The van der Waals surface area contributed by atoms with Crippen molar-refractivity contribution in [3.8, 4) is 67.4 Å². The maximum atomic E-state index is 6.33. The van der Waals surface area contributed by atoms with Gasteiger partial charge in [-0.05, 0) is 64.5 Å². The molecule has 4 nitrogen and oxygen atoms in total. The lowest BCUT2D eigenvalue weighted by Crippen LogP contribution is -1.97. The van der Waals surface area contributed by atoms with Gasteiger partial charge < -0.3 is 4.74 Å². The predicted octanol–water partition coefficient (Wildman–Crippen LogP) is 10.6. The van der Waals surface area contributed by atoms with E-state index in [1.54, 1.807) is 0 Å². The topological polar surface area (TPSA) is 47.9 Å². The molecule has 0 saturated carbocycles. The lowest BCUT2D eigenvalue weighted by atomic mass is 9.90. The van der Waals surface area contributed by atoms with Crippen LogP contribution in [0.2, 0.25) is 0 Å². The Morgan fingerprint density at radius 2 is 1.07 bits per heavy atom. The highest BCUT2D eigenvalue weighted by Gasteiger charge is 2.21. The molecule has 0 radical (unpaired) electrons. The van der Waals surface area contributed by atoms with Gasteiger partial charge in [0.1, 0.15) is 11.5 Å². The van der Waals surface area contributed by atoms with Crippen LogP contribution in [0.5, 0.6) is 11.5 Å². The zero-order valence-corrected chi connectivity index (χ0v) is 24.2. The predicted molar refractivity (Wildman–Crippen MR) is 182 cm³/mol. The van der Waals surface area contributed by atoms with Gasteiger partial charge in [0, 0.05) is 51.0 Å². The molecule has 0 amide bonds. The van der Waals surface area contributed by atoms with Gasteiger partial charge in [-0.25, -0.2) is 15.0 Å². The molecule has 0 N–H and O–H groups in total. The van der Waals surface area contributed by atoms with Crippen LogP contribution in [0.1, 0.15) is 0 Å². The molecule has 0 atom stereocenters. The average Bonchev–Trinajstić information content (AvgIpc) is 3.12. The molecule has 0 unspecified atom stereocenters. The standard InChI is InChI=1S/C41H25N3O/c1-3-10-26(11-4-1)36-22-28(23-37(44-36)27-12-5-2-6-13-27)30-20-29-21-31(25-43-41(29)42-24-30)32-18-19-39-40-34(32)15-9-16-35(40)33-14-7-8-17-38(33)45-39/h1-25H. The smallest absolute Gasteiger partial charge is 0.159 e. The van der Waals surface area contributed by atoms with Crippen molar-refractivity contribution in [3.63, 3.8) is 0 Å². The molecular weight excluding hydrogens is 550 g/mol. The molecule has 3 aromatic heterocycles. The van der Waals surface area contributed by atoms with Crippen LogP contribution >= 0.6 is 0 Å². The second kappa shape index (κ2) is 10.2. The number of nitrogens with zero attached hydrogens (tertiary/aromatic N) is 3. The summed E-state index contributed by atoms with van der Waals surface area (Å²) in [5.41, 5.74) is 11.2. The fourth-order valence-electron chi connectivity index (χ4n) is 6.37. The van der Waals surface area contributed by atoms with Gasteiger partial charge in [0.15, 0.2) is 5.65 Å². The molecule has 0 bridgehead atoms. The third kappa shape index (κ3) is 4.35. The van der Waals surface area contributed by atoms with Gasteiger partial charge in [0.2, 0.25) is 0 Å². The van der Waals surface area contributed by atoms with E-state index in [0.29, 0.717) is 5.65 Å². The van der Waals surface area contributed by atoms with Crippen LogP contribution in [0.15, 0.2) is 152 Å². The monoisotopic (exact) mass is 575 g/mol. The Kier molecular flexibility index (Phi) is 5.78. The molecule has 0 fully saturated rings. The first-order valence-corrected chi connectivity index (χ1v) is 15.0. The molecule has 8 aromatic rings. The second-order valence-electron chi connectivity index (χ2n) is 11.3. The minimum atomic E-state index is 0.711. The van der Waals surface area contributed by atoms with E-state index in [0.717, 1.165) is 78.0 Å². The lowest BCUT2D eigenvalue weighted by Gasteiger charge is -2.22. The molecule has 5 aromatic carbocycles. The zero-order chi connectivity index (χ0) is 29.7. The number of aromatic nitrogens is 3. The number of fused-ring (bicyclic) bond motifs is 3. The fraction of sp³-hybridized carbons (Fsp3) is 0. The van der Waals surface area contributed by atoms with Gasteiger partial charge in [0.05, 0.1) is 11.4 Å². The Morgan fingerprint density at radius 1 is 0.422 bits per heavy atom. The molecule has 0 spiro atoms. The van der Waals surface area contributed by atoms with E-state index in [1.165, 1.54) is 5.56 Å². The number of rotatable bonds is 4. The first kappa shape index (κ1) is 25.4. The molecule has 1 aliphatic rings. The van der Waals surface area contributed by atoms with Crippen LogP contribution in [0.4, 0.5) is 0 Å². The second-order valence-corrected chi connectivity index (χ2v) is 11.3. The number of benzene rings is 5. The van der Waals surface area contributed by atoms with Crippen LogP contribution in [0.25, 0.3) is 77.7 Å². The van der Waals surface area contributed by atoms with Gasteiger partial charge in [-0.1, -0.05) is 97.1 Å². The van der Waals surface area contributed by atoms with Crippen molar-refractivity contribution >= 4 is 21.8 Å². The number of para-hydroxylation sites is 1. The minimum absolute atomic E-state index is 0.711. The van der Waals surface area contributed by atoms with Crippen molar-refractivity contribution < 1.29 is 4.74 Å². The van der Waals surface area contributed by atoms with Crippen molar-refractivity contribution in [2.75, 3.05) is 0 Å². The van der Waals surface area contributed by atoms with E-state index in [1.807, 2.05) is 60.9 Å². The fourth-order valence-corrected chi connectivity index (χ4v) is 6.37. The molecule has 0 saturated heterocycles. The molecule has 4 heteroatoms. The quantitative estimate of drug-likeness (QED) is 0.209. The summed E-state index contributed by atoms with van der Waals surface area (Å²) in [5.74, 6) is 1.76. The Hall–Kier alpha value is -6.13. The van der Waals surface area contributed by atoms with Crippen LogP contribution in [0.3, 0.4) is 0 Å². The first-order chi connectivity index (χ1) is 22.3. The number of pyridine rings is 3. The Bertz CT molecular complexity index is 2340. The van der Waals surface area contributed by atoms with E-state index in [9.17, 15) is 0 Å². The number of hydrogen-bond acceptors (Lipinski definition) is 4. The lowest BCUT2D eigenvalue weighted by molar-refractivity contribution is 0.487. The minimum Gasteiger partial charge on any atom is -0.456 e. The highest BCUT2D eigenvalue weighted by atomic mass is 16.5. The Labute approximate surface area is 260 Å². The Balaban J connectivity index is 1.18. The molecule has 1 aliphatic heterocycles. The van der Waals surface area contributed by atoms with Crippen molar-refractivity contribution in [2.24, 2.45) is 0 Å². The van der Waals surface area contributed by atoms with Crippen LogP contribution in [-0.2, 0) is 0 Å². The summed E-state index contributed by atoms with van der Waals surface area (Å²) in [7, 11) is 0. The SMILES string of the molecule is c1ccc(-c2cc(-c3cnc4ncc(-c5ccc6c7c(cccc57)-c5ccccc5O6)cc4c3)cc(-c3ccccc3)n2)cc1. The summed E-state index contributed by atoms with van der Waals surface area (Å²) in [5, 5.41) is 3.24. The average molecular weight is 576 g/mol.